The van der Waals surface area contributed by atoms with E-state index in [9.17, 15) is 9.59 Å². The molecule has 0 bridgehead atoms. The highest BCUT2D eigenvalue weighted by atomic mass is 35.5. The fraction of sp³-hybridized carbons (Fsp3) is 0.652. The van der Waals surface area contributed by atoms with Gasteiger partial charge in [0.05, 0.1) is 0 Å². The van der Waals surface area contributed by atoms with Gasteiger partial charge in [-0.15, -0.1) is 0 Å². The topological polar surface area (TPSA) is 64.7 Å². The Labute approximate surface area is 185 Å². The van der Waals surface area contributed by atoms with Crippen LogP contribution in [0.1, 0.15) is 51.4 Å². The molecule has 1 aliphatic carbocycles. The number of urea groups is 1. The van der Waals surface area contributed by atoms with Gasteiger partial charge in [-0.1, -0.05) is 36.9 Å². The highest BCUT2D eigenvalue weighted by molar-refractivity contribution is 6.30. The summed E-state index contributed by atoms with van der Waals surface area (Å²) in [7, 11) is 2.17. The predicted molar refractivity (Wildman–Crippen MR) is 122 cm³/mol. The van der Waals surface area contributed by atoms with Gasteiger partial charge in [-0.25, -0.2) is 4.79 Å². The van der Waals surface area contributed by atoms with Crippen molar-refractivity contribution in [2.45, 2.75) is 57.4 Å². The quantitative estimate of drug-likeness (QED) is 0.670. The van der Waals surface area contributed by atoms with E-state index in [-0.39, 0.29) is 11.9 Å². The van der Waals surface area contributed by atoms with E-state index < -0.39 is 0 Å². The van der Waals surface area contributed by atoms with Crippen molar-refractivity contribution < 1.29 is 9.59 Å². The van der Waals surface area contributed by atoms with Gasteiger partial charge in [0, 0.05) is 49.4 Å². The van der Waals surface area contributed by atoms with E-state index in [4.69, 9.17) is 11.6 Å². The monoisotopic (exact) mass is 434 g/mol. The Hall–Kier alpha value is -1.79. The van der Waals surface area contributed by atoms with Gasteiger partial charge in [0.15, 0.2) is 0 Å². The molecule has 3 rings (SSSR count). The fourth-order valence-electron chi connectivity index (χ4n) is 4.52. The van der Waals surface area contributed by atoms with Gasteiger partial charge < -0.3 is 20.4 Å². The number of hydrogen-bond acceptors (Lipinski definition) is 3. The molecular weight excluding hydrogens is 400 g/mol. The standard InChI is InChI=1S/C23H35ClN4O2/c1-27(21-8-3-2-4-9-21)15-12-25-22(29)16-18-10-13-28(14-11-18)23(30)26-20-7-5-6-19(24)17-20/h5-7,17-18,21H,2-4,8-16H2,1H3,(H,25,29)(H,26,30). The summed E-state index contributed by atoms with van der Waals surface area (Å²) in [5, 5.41) is 6.58. The van der Waals surface area contributed by atoms with Crippen molar-refractivity contribution in [1.29, 1.82) is 0 Å². The largest absolute Gasteiger partial charge is 0.355 e. The van der Waals surface area contributed by atoms with Crippen LogP contribution in [0.5, 0.6) is 0 Å². The minimum atomic E-state index is -0.106. The molecule has 0 radical (unpaired) electrons. The van der Waals surface area contributed by atoms with Crippen LogP contribution in [-0.2, 0) is 4.79 Å². The van der Waals surface area contributed by atoms with Crippen molar-refractivity contribution in [2.24, 2.45) is 5.92 Å². The number of carbonyl (C=O) groups is 2. The smallest absolute Gasteiger partial charge is 0.321 e. The highest BCUT2D eigenvalue weighted by Gasteiger charge is 2.24. The van der Waals surface area contributed by atoms with E-state index >= 15 is 0 Å². The van der Waals surface area contributed by atoms with Crippen molar-refractivity contribution in [3.05, 3.63) is 29.3 Å². The number of carbonyl (C=O) groups excluding carboxylic acids is 2. The molecule has 0 aromatic heterocycles. The maximum absolute atomic E-state index is 12.4. The van der Waals surface area contributed by atoms with E-state index in [1.165, 1.54) is 32.1 Å². The molecule has 1 heterocycles. The molecule has 1 aromatic rings. The Morgan fingerprint density at radius 1 is 1.13 bits per heavy atom. The van der Waals surface area contributed by atoms with Gasteiger partial charge in [0.1, 0.15) is 0 Å². The van der Waals surface area contributed by atoms with Crippen molar-refractivity contribution in [2.75, 3.05) is 38.5 Å². The average Bonchev–Trinajstić information content (AvgIpc) is 2.75. The average molecular weight is 435 g/mol. The molecule has 7 heteroatoms. The maximum Gasteiger partial charge on any atom is 0.321 e. The van der Waals surface area contributed by atoms with Crippen LogP contribution in [0.15, 0.2) is 24.3 Å². The second kappa shape index (κ2) is 11.6. The maximum atomic E-state index is 12.4. The molecular formula is C23H35ClN4O2. The first-order valence-corrected chi connectivity index (χ1v) is 11.7. The number of hydrogen-bond donors (Lipinski definition) is 2. The SMILES string of the molecule is CN(CCNC(=O)CC1CCN(C(=O)Nc2cccc(Cl)c2)CC1)C1CCCCC1. The van der Waals surface area contributed by atoms with Gasteiger partial charge in [-0.2, -0.15) is 0 Å². The van der Waals surface area contributed by atoms with E-state index in [2.05, 4.69) is 22.6 Å². The molecule has 3 amide bonds. The number of benzene rings is 1. The summed E-state index contributed by atoms with van der Waals surface area (Å²) in [6.45, 7) is 2.98. The summed E-state index contributed by atoms with van der Waals surface area (Å²) in [4.78, 5) is 29.0. The number of nitrogens with zero attached hydrogens (tertiary/aromatic N) is 2. The number of rotatable bonds is 7. The molecule has 166 valence electrons. The number of likely N-dealkylation sites (tertiary alicyclic amines) is 1. The van der Waals surface area contributed by atoms with Crippen LogP contribution >= 0.6 is 11.6 Å². The Kier molecular flexibility index (Phi) is 8.82. The van der Waals surface area contributed by atoms with Crippen molar-refractivity contribution in [3.63, 3.8) is 0 Å². The van der Waals surface area contributed by atoms with E-state index in [0.29, 0.717) is 48.7 Å². The first kappa shape index (κ1) is 22.9. The van der Waals surface area contributed by atoms with E-state index in [0.717, 1.165) is 19.4 Å². The second-order valence-electron chi connectivity index (χ2n) is 8.70. The first-order valence-electron chi connectivity index (χ1n) is 11.3. The molecule has 2 aliphatic rings. The lowest BCUT2D eigenvalue weighted by atomic mass is 9.93. The van der Waals surface area contributed by atoms with Crippen molar-refractivity contribution in [1.82, 2.24) is 15.1 Å². The Balaban J connectivity index is 1.31. The zero-order chi connectivity index (χ0) is 21.3. The molecule has 6 nitrogen and oxygen atoms in total. The van der Waals surface area contributed by atoms with E-state index in [1.807, 2.05) is 17.0 Å². The summed E-state index contributed by atoms with van der Waals surface area (Å²) in [6.07, 6.45) is 8.87. The van der Waals surface area contributed by atoms with Crippen molar-refractivity contribution in [3.8, 4) is 0 Å². The number of amides is 3. The molecule has 1 aliphatic heterocycles. The van der Waals surface area contributed by atoms with Crippen LogP contribution in [-0.4, -0.2) is 61.0 Å². The first-order chi connectivity index (χ1) is 14.5. The van der Waals surface area contributed by atoms with Crippen molar-refractivity contribution >= 4 is 29.2 Å². The fourth-order valence-corrected chi connectivity index (χ4v) is 4.71. The van der Waals surface area contributed by atoms with Gasteiger partial charge >= 0.3 is 6.03 Å². The van der Waals surface area contributed by atoms with Gasteiger partial charge in [0.2, 0.25) is 5.91 Å². The number of anilines is 1. The summed E-state index contributed by atoms with van der Waals surface area (Å²) in [5.74, 6) is 0.477. The number of likely N-dealkylation sites (N-methyl/N-ethyl adjacent to an activating group) is 1. The number of piperidine rings is 1. The molecule has 2 N–H and O–H groups in total. The van der Waals surface area contributed by atoms with E-state index in [1.54, 1.807) is 12.1 Å². The van der Waals surface area contributed by atoms with Crippen LogP contribution in [0.3, 0.4) is 0 Å². The zero-order valence-electron chi connectivity index (χ0n) is 18.0. The lowest BCUT2D eigenvalue weighted by Gasteiger charge is -2.32. The summed E-state index contributed by atoms with van der Waals surface area (Å²) < 4.78 is 0. The van der Waals surface area contributed by atoms with Crippen LogP contribution < -0.4 is 10.6 Å². The summed E-state index contributed by atoms with van der Waals surface area (Å²) in [5.41, 5.74) is 0.701. The van der Waals surface area contributed by atoms with Crippen LogP contribution in [0.2, 0.25) is 5.02 Å². The van der Waals surface area contributed by atoms with Crippen LogP contribution in [0, 0.1) is 5.92 Å². The predicted octanol–water partition coefficient (Wildman–Crippen LogP) is 4.35. The molecule has 0 atom stereocenters. The minimum absolute atomic E-state index is 0.106. The van der Waals surface area contributed by atoms with Crippen LogP contribution in [0.4, 0.5) is 10.5 Å². The van der Waals surface area contributed by atoms with Gasteiger partial charge in [0.25, 0.3) is 0 Å². The third-order valence-electron chi connectivity index (χ3n) is 6.44. The third-order valence-corrected chi connectivity index (χ3v) is 6.67. The van der Waals surface area contributed by atoms with Gasteiger partial charge in [-0.05, 0) is 56.8 Å². The third kappa shape index (κ3) is 7.17. The number of halogens is 1. The normalized spacial score (nSPS) is 18.4. The summed E-state index contributed by atoms with van der Waals surface area (Å²) in [6, 6.07) is 7.73. The Morgan fingerprint density at radius 2 is 1.87 bits per heavy atom. The molecule has 1 aromatic carbocycles. The number of nitrogens with one attached hydrogen (secondary N) is 2. The second-order valence-corrected chi connectivity index (χ2v) is 9.13. The van der Waals surface area contributed by atoms with Gasteiger partial charge in [-0.3, -0.25) is 4.79 Å². The lowest BCUT2D eigenvalue weighted by molar-refractivity contribution is -0.122. The molecule has 0 spiro atoms. The lowest BCUT2D eigenvalue weighted by Crippen LogP contribution is -2.42. The molecule has 0 unspecified atom stereocenters. The molecule has 1 saturated heterocycles. The highest BCUT2D eigenvalue weighted by Crippen LogP contribution is 2.23. The molecule has 30 heavy (non-hydrogen) atoms. The summed E-state index contributed by atoms with van der Waals surface area (Å²) >= 11 is 5.97. The van der Waals surface area contributed by atoms with Crippen LogP contribution in [0.25, 0.3) is 0 Å². The molecule has 2 fully saturated rings. The molecule has 1 saturated carbocycles. The Bertz CT molecular complexity index is 700. The minimum Gasteiger partial charge on any atom is -0.355 e. The Morgan fingerprint density at radius 3 is 2.57 bits per heavy atom. The zero-order valence-corrected chi connectivity index (χ0v) is 18.8.